The molecule has 0 fully saturated rings. The number of benzene rings is 2. The van der Waals surface area contributed by atoms with Gasteiger partial charge in [-0.25, -0.2) is 0 Å². The van der Waals surface area contributed by atoms with E-state index in [0.717, 1.165) is 40.3 Å². The van der Waals surface area contributed by atoms with Crippen LogP contribution in [0.15, 0.2) is 36.4 Å². The van der Waals surface area contributed by atoms with Crippen molar-refractivity contribution in [1.82, 2.24) is 7.96 Å². The van der Waals surface area contributed by atoms with Crippen LogP contribution in [-0.4, -0.2) is 36.1 Å². The third kappa shape index (κ3) is 2.48. The number of hydrogen-bond acceptors (Lipinski definition) is 5. The molecule has 0 bridgehead atoms. The van der Waals surface area contributed by atoms with Gasteiger partial charge in [-0.3, -0.25) is 0 Å². The molecule has 0 spiro atoms. The number of nitrogens with one attached hydrogen (secondary N) is 1. The van der Waals surface area contributed by atoms with Crippen molar-refractivity contribution in [2.75, 3.05) is 18.5 Å². The summed E-state index contributed by atoms with van der Waals surface area (Å²) in [6, 6.07) is 12.1. The Balaban J connectivity index is 1.55. The van der Waals surface area contributed by atoms with E-state index in [1.165, 1.54) is 0 Å². The molecule has 1 aromatic heterocycles. The molecule has 2 aromatic carbocycles. The van der Waals surface area contributed by atoms with Gasteiger partial charge in [0.15, 0.2) is 0 Å². The Bertz CT molecular complexity index is 787. The van der Waals surface area contributed by atoms with Crippen molar-refractivity contribution in [3.05, 3.63) is 42.0 Å². The zero-order chi connectivity index (χ0) is 14.1. The second-order valence-corrected chi connectivity index (χ2v) is 5.88. The summed E-state index contributed by atoms with van der Waals surface area (Å²) >= 11 is -0.00286. The predicted octanol–water partition coefficient (Wildman–Crippen LogP) is 2.07. The molecule has 2 heterocycles. The van der Waals surface area contributed by atoms with Gasteiger partial charge in [0.2, 0.25) is 0 Å². The summed E-state index contributed by atoms with van der Waals surface area (Å²) < 4.78 is 20.0. The van der Waals surface area contributed by atoms with Gasteiger partial charge < -0.3 is 0 Å². The summed E-state index contributed by atoms with van der Waals surface area (Å²) in [6.07, 6.45) is 0. The Morgan fingerprint density at radius 1 is 1.05 bits per heavy atom. The Hall–Kier alpha value is -2.04. The van der Waals surface area contributed by atoms with Gasteiger partial charge in [0.05, 0.1) is 0 Å². The van der Waals surface area contributed by atoms with Crippen molar-refractivity contribution < 1.29 is 9.47 Å². The molecule has 4 rings (SSSR count). The fourth-order valence-electron chi connectivity index (χ4n) is 2.34. The van der Waals surface area contributed by atoms with Crippen molar-refractivity contribution in [1.29, 1.82) is 0 Å². The van der Waals surface area contributed by atoms with Crippen LogP contribution >= 0.6 is 0 Å². The van der Waals surface area contributed by atoms with E-state index >= 15 is 0 Å². The van der Waals surface area contributed by atoms with Crippen molar-refractivity contribution >= 4 is 31.7 Å². The van der Waals surface area contributed by atoms with Crippen LogP contribution in [0.1, 0.15) is 5.56 Å². The molecule has 1 N–H and O–H groups in total. The van der Waals surface area contributed by atoms with Gasteiger partial charge in [0, 0.05) is 0 Å². The number of nitrogens with zero attached hydrogens (tertiary/aromatic N) is 2. The van der Waals surface area contributed by atoms with E-state index in [9.17, 15) is 0 Å². The molecule has 0 saturated heterocycles. The first-order chi connectivity index (χ1) is 10.4. The van der Waals surface area contributed by atoms with Crippen LogP contribution in [0.25, 0.3) is 11.0 Å². The van der Waals surface area contributed by atoms with Crippen LogP contribution in [0, 0.1) is 0 Å². The maximum atomic E-state index is 5.61. The second kappa shape index (κ2) is 5.39. The standard InChI is InChI=1S/C15H13N3O2Se/c1-2-11(15-12(3-1)17-21-18-15)16-9-10-4-5-13-14(8-10)20-7-6-19-13/h1-5,8,16H,6-7,9H2. The van der Waals surface area contributed by atoms with Gasteiger partial charge in [0.25, 0.3) is 0 Å². The first-order valence-electron chi connectivity index (χ1n) is 6.74. The monoisotopic (exact) mass is 347 g/mol. The zero-order valence-electron chi connectivity index (χ0n) is 11.2. The molecule has 6 heteroatoms. The minimum absolute atomic E-state index is 0.00286. The summed E-state index contributed by atoms with van der Waals surface area (Å²) in [5.74, 6) is 1.64. The SMILES string of the molecule is c1cc(NCc2ccc3c(c2)OCCO3)c2n[se]nc2c1. The van der Waals surface area contributed by atoms with Crippen molar-refractivity contribution in [3.63, 3.8) is 0 Å². The quantitative estimate of drug-likeness (QED) is 0.736. The van der Waals surface area contributed by atoms with Crippen LogP contribution in [0.4, 0.5) is 5.69 Å². The molecule has 1 aliphatic rings. The molecule has 0 unspecified atom stereocenters. The first kappa shape index (κ1) is 12.7. The van der Waals surface area contributed by atoms with E-state index in [-0.39, 0.29) is 15.0 Å². The molecular formula is C15H13N3O2Se. The van der Waals surface area contributed by atoms with Gasteiger partial charge in [-0.1, -0.05) is 0 Å². The fraction of sp³-hybridized carbons (Fsp3) is 0.200. The number of aromatic nitrogens is 2. The molecule has 0 amide bonds. The fourth-order valence-corrected chi connectivity index (χ4v) is 3.50. The molecule has 3 aromatic rings. The molecule has 0 atom stereocenters. The molecule has 5 nitrogen and oxygen atoms in total. The van der Waals surface area contributed by atoms with Crippen LogP contribution in [0.2, 0.25) is 0 Å². The molecule has 106 valence electrons. The summed E-state index contributed by atoms with van der Waals surface area (Å²) in [6.45, 7) is 1.95. The Morgan fingerprint density at radius 3 is 2.90 bits per heavy atom. The Kier molecular flexibility index (Phi) is 3.25. The summed E-state index contributed by atoms with van der Waals surface area (Å²) in [5.41, 5.74) is 4.15. The van der Waals surface area contributed by atoms with Crippen LogP contribution in [-0.2, 0) is 6.54 Å². The van der Waals surface area contributed by atoms with Crippen LogP contribution < -0.4 is 14.8 Å². The van der Waals surface area contributed by atoms with E-state index in [1.807, 2.05) is 30.3 Å². The van der Waals surface area contributed by atoms with Gasteiger partial charge in [-0.15, -0.1) is 0 Å². The third-order valence-corrected chi connectivity index (χ3v) is 4.51. The zero-order valence-corrected chi connectivity index (χ0v) is 12.9. The van der Waals surface area contributed by atoms with Crippen molar-refractivity contribution in [2.24, 2.45) is 0 Å². The molecule has 0 radical (unpaired) electrons. The van der Waals surface area contributed by atoms with E-state index in [0.29, 0.717) is 13.2 Å². The third-order valence-electron chi connectivity index (χ3n) is 3.38. The number of hydrogen-bond donors (Lipinski definition) is 1. The summed E-state index contributed by atoms with van der Waals surface area (Å²) in [5, 5.41) is 3.43. The minimum atomic E-state index is -0.00286. The number of fused-ring (bicyclic) bond motifs is 2. The van der Waals surface area contributed by atoms with Crippen molar-refractivity contribution in [3.8, 4) is 11.5 Å². The normalized spacial score (nSPS) is 13.3. The first-order valence-corrected chi connectivity index (χ1v) is 8.27. The average Bonchev–Trinajstić information content (AvgIpc) is 3.02. The maximum absolute atomic E-state index is 5.61. The number of ether oxygens (including phenoxy) is 2. The molecule has 0 saturated carbocycles. The molecular weight excluding hydrogens is 333 g/mol. The Morgan fingerprint density at radius 2 is 1.95 bits per heavy atom. The second-order valence-electron chi connectivity index (χ2n) is 4.77. The molecule has 0 aliphatic carbocycles. The van der Waals surface area contributed by atoms with Gasteiger partial charge in [-0.2, -0.15) is 0 Å². The summed E-state index contributed by atoms with van der Waals surface area (Å²) in [4.78, 5) is 0. The van der Waals surface area contributed by atoms with Gasteiger partial charge >= 0.3 is 128 Å². The molecule has 21 heavy (non-hydrogen) atoms. The van der Waals surface area contributed by atoms with Gasteiger partial charge in [0.1, 0.15) is 0 Å². The van der Waals surface area contributed by atoms with E-state index in [4.69, 9.17) is 9.47 Å². The Labute approximate surface area is 128 Å². The number of rotatable bonds is 3. The predicted molar refractivity (Wildman–Crippen MR) is 81.2 cm³/mol. The van der Waals surface area contributed by atoms with Gasteiger partial charge in [-0.05, 0) is 0 Å². The van der Waals surface area contributed by atoms with Crippen molar-refractivity contribution in [2.45, 2.75) is 6.54 Å². The van der Waals surface area contributed by atoms with E-state index < -0.39 is 0 Å². The average molecular weight is 346 g/mol. The molecule has 1 aliphatic heterocycles. The number of anilines is 1. The van der Waals surface area contributed by atoms with E-state index in [2.05, 4.69) is 19.3 Å². The summed E-state index contributed by atoms with van der Waals surface area (Å²) in [7, 11) is 0. The van der Waals surface area contributed by atoms with Crippen LogP contribution in [0.5, 0.6) is 11.5 Å². The topological polar surface area (TPSA) is 56.3 Å². The van der Waals surface area contributed by atoms with Crippen LogP contribution in [0.3, 0.4) is 0 Å². The van der Waals surface area contributed by atoms with E-state index in [1.54, 1.807) is 0 Å².